The lowest BCUT2D eigenvalue weighted by Crippen LogP contribution is -2.10. The first-order valence-electron chi connectivity index (χ1n) is 3.80. The standard InChI is InChI=1S/C8H11N3O2/c1-5-6(3-9)10-4-7(11-5)8(12)13-2/h4H,3,9H2,1-2H3. The SMILES string of the molecule is COC(=O)c1cnc(CN)c(C)n1. The van der Waals surface area contributed by atoms with Crippen LogP contribution < -0.4 is 5.73 Å². The number of nitrogens with two attached hydrogens (primary N) is 1. The van der Waals surface area contributed by atoms with Gasteiger partial charge in [-0.25, -0.2) is 9.78 Å². The summed E-state index contributed by atoms with van der Waals surface area (Å²) in [4.78, 5) is 19.0. The van der Waals surface area contributed by atoms with Crippen LogP contribution in [0.3, 0.4) is 0 Å². The van der Waals surface area contributed by atoms with E-state index in [9.17, 15) is 4.79 Å². The number of ether oxygens (including phenoxy) is 1. The fourth-order valence-electron chi connectivity index (χ4n) is 0.910. The molecule has 0 bridgehead atoms. The van der Waals surface area contributed by atoms with Crippen molar-refractivity contribution in [3.05, 3.63) is 23.3 Å². The molecule has 1 rings (SSSR count). The van der Waals surface area contributed by atoms with E-state index in [-0.39, 0.29) is 5.69 Å². The van der Waals surface area contributed by atoms with Crippen molar-refractivity contribution in [3.8, 4) is 0 Å². The number of esters is 1. The molecule has 0 aromatic carbocycles. The van der Waals surface area contributed by atoms with Gasteiger partial charge in [0.25, 0.3) is 0 Å². The zero-order chi connectivity index (χ0) is 9.84. The van der Waals surface area contributed by atoms with Crippen LogP contribution in [0, 0.1) is 6.92 Å². The van der Waals surface area contributed by atoms with Crippen molar-refractivity contribution in [1.29, 1.82) is 0 Å². The van der Waals surface area contributed by atoms with Crippen LogP contribution in [0.15, 0.2) is 6.20 Å². The van der Waals surface area contributed by atoms with Crippen molar-refractivity contribution in [3.63, 3.8) is 0 Å². The van der Waals surface area contributed by atoms with Gasteiger partial charge in [-0.2, -0.15) is 0 Å². The largest absolute Gasteiger partial charge is 0.464 e. The number of rotatable bonds is 2. The number of carbonyl (C=O) groups excluding carboxylic acids is 1. The van der Waals surface area contributed by atoms with Crippen LogP contribution in [-0.2, 0) is 11.3 Å². The molecule has 5 heteroatoms. The highest BCUT2D eigenvalue weighted by atomic mass is 16.5. The Morgan fingerprint density at radius 2 is 2.38 bits per heavy atom. The smallest absolute Gasteiger partial charge is 0.358 e. The fraction of sp³-hybridized carbons (Fsp3) is 0.375. The van der Waals surface area contributed by atoms with E-state index in [0.29, 0.717) is 17.9 Å². The first kappa shape index (κ1) is 9.60. The summed E-state index contributed by atoms with van der Waals surface area (Å²) in [6.07, 6.45) is 1.36. The minimum absolute atomic E-state index is 0.206. The number of hydrogen-bond donors (Lipinski definition) is 1. The Kier molecular flexibility index (Phi) is 2.92. The van der Waals surface area contributed by atoms with Gasteiger partial charge in [0.05, 0.1) is 24.7 Å². The van der Waals surface area contributed by atoms with Crippen LogP contribution in [0.25, 0.3) is 0 Å². The van der Waals surface area contributed by atoms with Crippen molar-refractivity contribution < 1.29 is 9.53 Å². The summed E-state index contributed by atoms with van der Waals surface area (Å²) in [5.41, 5.74) is 6.94. The average molecular weight is 181 g/mol. The monoisotopic (exact) mass is 181 g/mol. The molecule has 70 valence electrons. The highest BCUT2D eigenvalue weighted by Crippen LogP contribution is 2.02. The van der Waals surface area contributed by atoms with Crippen LogP contribution in [0.4, 0.5) is 0 Å². The van der Waals surface area contributed by atoms with Gasteiger partial charge in [-0.05, 0) is 6.92 Å². The number of nitrogens with zero attached hydrogens (tertiary/aromatic N) is 2. The molecule has 0 amide bonds. The molecule has 0 radical (unpaired) electrons. The quantitative estimate of drug-likeness (QED) is 0.651. The normalized spacial score (nSPS) is 9.77. The topological polar surface area (TPSA) is 78.1 Å². The summed E-state index contributed by atoms with van der Waals surface area (Å²) in [7, 11) is 1.30. The molecule has 0 aliphatic rings. The maximum atomic E-state index is 11.0. The van der Waals surface area contributed by atoms with E-state index < -0.39 is 5.97 Å². The Labute approximate surface area is 75.9 Å². The number of carbonyl (C=O) groups is 1. The van der Waals surface area contributed by atoms with Gasteiger partial charge in [-0.15, -0.1) is 0 Å². The molecular weight excluding hydrogens is 170 g/mol. The van der Waals surface area contributed by atoms with Gasteiger partial charge < -0.3 is 10.5 Å². The van der Waals surface area contributed by atoms with Gasteiger partial charge in [0.2, 0.25) is 0 Å². The van der Waals surface area contributed by atoms with Crippen LogP contribution in [0.5, 0.6) is 0 Å². The lowest BCUT2D eigenvalue weighted by atomic mass is 10.3. The van der Waals surface area contributed by atoms with Crippen molar-refractivity contribution in [1.82, 2.24) is 9.97 Å². The van der Waals surface area contributed by atoms with Gasteiger partial charge in [0.15, 0.2) is 5.69 Å². The molecular formula is C8H11N3O2. The second-order valence-corrected chi connectivity index (χ2v) is 2.48. The van der Waals surface area contributed by atoms with Crippen molar-refractivity contribution in [2.24, 2.45) is 5.73 Å². The molecule has 1 aromatic rings. The van der Waals surface area contributed by atoms with Gasteiger partial charge >= 0.3 is 5.97 Å². The first-order valence-corrected chi connectivity index (χ1v) is 3.80. The van der Waals surface area contributed by atoms with Crippen molar-refractivity contribution in [2.45, 2.75) is 13.5 Å². The maximum Gasteiger partial charge on any atom is 0.358 e. The second-order valence-electron chi connectivity index (χ2n) is 2.48. The summed E-state index contributed by atoms with van der Waals surface area (Å²) in [6, 6.07) is 0. The van der Waals surface area contributed by atoms with Crippen molar-refractivity contribution in [2.75, 3.05) is 7.11 Å². The molecule has 0 saturated carbocycles. The van der Waals surface area contributed by atoms with E-state index in [1.807, 2.05) is 0 Å². The molecule has 0 saturated heterocycles. The number of aryl methyl sites for hydroxylation is 1. The molecule has 0 aliphatic heterocycles. The summed E-state index contributed by atoms with van der Waals surface area (Å²) in [5.74, 6) is -0.487. The van der Waals surface area contributed by atoms with Gasteiger partial charge in [-0.1, -0.05) is 0 Å². The minimum Gasteiger partial charge on any atom is -0.464 e. The highest BCUT2D eigenvalue weighted by Gasteiger charge is 2.09. The Hall–Kier alpha value is -1.49. The molecule has 0 fully saturated rings. The lowest BCUT2D eigenvalue weighted by Gasteiger charge is -2.02. The molecule has 5 nitrogen and oxygen atoms in total. The third kappa shape index (κ3) is 2.00. The van der Waals surface area contributed by atoms with E-state index in [0.717, 1.165) is 0 Å². The van der Waals surface area contributed by atoms with Crippen molar-refractivity contribution >= 4 is 5.97 Å². The predicted molar refractivity (Wildman–Crippen MR) is 46.0 cm³/mol. The third-order valence-electron chi connectivity index (χ3n) is 1.64. The van der Waals surface area contributed by atoms with E-state index in [1.54, 1.807) is 6.92 Å². The van der Waals surface area contributed by atoms with Gasteiger partial charge in [0.1, 0.15) is 0 Å². The van der Waals surface area contributed by atoms with E-state index >= 15 is 0 Å². The molecule has 1 aromatic heterocycles. The maximum absolute atomic E-state index is 11.0. The van der Waals surface area contributed by atoms with E-state index in [1.165, 1.54) is 13.3 Å². The molecule has 0 spiro atoms. The molecule has 13 heavy (non-hydrogen) atoms. The first-order chi connectivity index (χ1) is 6.19. The lowest BCUT2D eigenvalue weighted by molar-refractivity contribution is 0.0593. The Bertz CT molecular complexity index is 325. The molecule has 0 unspecified atom stereocenters. The summed E-state index contributed by atoms with van der Waals surface area (Å²) in [5, 5.41) is 0. The molecule has 1 heterocycles. The third-order valence-corrected chi connectivity index (χ3v) is 1.64. The van der Waals surface area contributed by atoms with Crippen LogP contribution in [-0.4, -0.2) is 23.0 Å². The molecule has 0 aliphatic carbocycles. The number of hydrogen-bond acceptors (Lipinski definition) is 5. The Balaban J connectivity index is 3.02. The van der Waals surface area contributed by atoms with Crippen LogP contribution in [0.1, 0.15) is 21.9 Å². The molecule has 0 atom stereocenters. The average Bonchev–Trinajstić information content (AvgIpc) is 2.16. The summed E-state index contributed by atoms with van der Waals surface area (Å²) in [6.45, 7) is 2.07. The summed E-state index contributed by atoms with van der Waals surface area (Å²) >= 11 is 0. The predicted octanol–water partition coefficient (Wildman–Crippen LogP) is 0.0303. The van der Waals surface area contributed by atoms with Crippen LogP contribution >= 0.6 is 0 Å². The second kappa shape index (κ2) is 3.95. The zero-order valence-electron chi connectivity index (χ0n) is 7.57. The Morgan fingerprint density at radius 1 is 1.69 bits per heavy atom. The van der Waals surface area contributed by atoms with E-state index in [4.69, 9.17) is 5.73 Å². The highest BCUT2D eigenvalue weighted by molar-refractivity contribution is 5.86. The Morgan fingerprint density at radius 3 is 2.85 bits per heavy atom. The number of aromatic nitrogens is 2. The van der Waals surface area contributed by atoms with Crippen LogP contribution in [0.2, 0.25) is 0 Å². The zero-order valence-corrected chi connectivity index (χ0v) is 7.57. The number of methoxy groups -OCH3 is 1. The molecule has 2 N–H and O–H groups in total. The fourth-order valence-corrected chi connectivity index (χ4v) is 0.910. The van der Waals surface area contributed by atoms with Gasteiger partial charge in [0, 0.05) is 6.54 Å². The summed E-state index contributed by atoms with van der Waals surface area (Å²) < 4.78 is 4.49. The van der Waals surface area contributed by atoms with E-state index in [2.05, 4.69) is 14.7 Å². The minimum atomic E-state index is -0.487. The van der Waals surface area contributed by atoms with Gasteiger partial charge in [-0.3, -0.25) is 4.98 Å².